The van der Waals surface area contributed by atoms with Gasteiger partial charge in [0, 0.05) is 0 Å². The SMILES string of the molecule is C=CCCC(CCC=C)(C(=O)OC)C(=O)OC. The third-order valence-electron chi connectivity index (χ3n) is 2.70. The van der Waals surface area contributed by atoms with E-state index in [9.17, 15) is 9.59 Å². The molecule has 0 bridgehead atoms. The molecule has 0 aliphatic carbocycles. The van der Waals surface area contributed by atoms with E-state index in [2.05, 4.69) is 13.2 Å². The number of methoxy groups -OCH3 is 2. The van der Waals surface area contributed by atoms with Crippen molar-refractivity contribution in [2.45, 2.75) is 25.7 Å². The summed E-state index contributed by atoms with van der Waals surface area (Å²) in [6, 6.07) is 0. The van der Waals surface area contributed by atoms with Gasteiger partial charge in [-0.15, -0.1) is 13.2 Å². The van der Waals surface area contributed by atoms with Crippen molar-refractivity contribution in [1.82, 2.24) is 0 Å². The molecule has 0 fully saturated rings. The normalized spacial score (nSPS) is 10.5. The van der Waals surface area contributed by atoms with Crippen LogP contribution >= 0.6 is 0 Å². The Kier molecular flexibility index (Phi) is 6.94. The highest BCUT2D eigenvalue weighted by Crippen LogP contribution is 2.33. The Morgan fingerprint density at radius 3 is 1.59 bits per heavy atom. The summed E-state index contributed by atoms with van der Waals surface area (Å²) in [5.41, 5.74) is -1.24. The Labute approximate surface area is 102 Å². The van der Waals surface area contributed by atoms with Gasteiger partial charge in [-0.25, -0.2) is 0 Å². The fourth-order valence-corrected chi connectivity index (χ4v) is 1.70. The number of esters is 2. The molecule has 17 heavy (non-hydrogen) atoms. The summed E-state index contributed by atoms with van der Waals surface area (Å²) >= 11 is 0. The third-order valence-corrected chi connectivity index (χ3v) is 2.70. The highest BCUT2D eigenvalue weighted by Gasteiger charge is 2.46. The molecule has 0 aliphatic rings. The topological polar surface area (TPSA) is 52.6 Å². The van der Waals surface area contributed by atoms with Crippen LogP contribution in [0.4, 0.5) is 0 Å². The zero-order chi connectivity index (χ0) is 13.3. The van der Waals surface area contributed by atoms with Crippen molar-refractivity contribution in [3.8, 4) is 0 Å². The predicted molar refractivity (Wildman–Crippen MR) is 65.3 cm³/mol. The maximum atomic E-state index is 11.9. The molecule has 0 amide bonds. The molecule has 0 unspecified atom stereocenters. The zero-order valence-electron chi connectivity index (χ0n) is 10.5. The average Bonchev–Trinajstić information content (AvgIpc) is 2.37. The fourth-order valence-electron chi connectivity index (χ4n) is 1.70. The van der Waals surface area contributed by atoms with Crippen LogP contribution in [0, 0.1) is 5.41 Å². The van der Waals surface area contributed by atoms with Crippen molar-refractivity contribution in [2.24, 2.45) is 5.41 Å². The summed E-state index contributed by atoms with van der Waals surface area (Å²) in [5.74, 6) is -1.12. The van der Waals surface area contributed by atoms with E-state index < -0.39 is 17.4 Å². The van der Waals surface area contributed by atoms with Crippen LogP contribution in [0.3, 0.4) is 0 Å². The van der Waals surface area contributed by atoms with Crippen LogP contribution in [0.25, 0.3) is 0 Å². The van der Waals surface area contributed by atoms with Gasteiger partial charge in [0.15, 0.2) is 5.41 Å². The summed E-state index contributed by atoms with van der Waals surface area (Å²) in [4.78, 5) is 23.7. The molecule has 4 heteroatoms. The second kappa shape index (κ2) is 7.65. The minimum atomic E-state index is -1.24. The first-order chi connectivity index (χ1) is 8.08. The van der Waals surface area contributed by atoms with Crippen LogP contribution in [-0.2, 0) is 19.1 Å². The van der Waals surface area contributed by atoms with Gasteiger partial charge in [0.2, 0.25) is 0 Å². The molecule has 0 aromatic rings. The maximum absolute atomic E-state index is 11.9. The summed E-state index contributed by atoms with van der Waals surface area (Å²) in [6.07, 6.45) is 5.08. The number of carbonyl (C=O) groups is 2. The molecule has 0 saturated carbocycles. The summed E-state index contributed by atoms with van der Waals surface area (Å²) < 4.78 is 9.45. The van der Waals surface area contributed by atoms with E-state index in [-0.39, 0.29) is 0 Å². The van der Waals surface area contributed by atoms with Crippen molar-refractivity contribution >= 4 is 11.9 Å². The molecule has 0 heterocycles. The number of ether oxygens (including phenoxy) is 2. The molecule has 0 aliphatic heterocycles. The molecule has 0 radical (unpaired) electrons. The van der Waals surface area contributed by atoms with E-state index in [0.717, 1.165) is 0 Å². The Hall–Kier alpha value is -1.58. The highest BCUT2D eigenvalue weighted by molar-refractivity contribution is 6.00. The molecule has 0 N–H and O–H groups in total. The van der Waals surface area contributed by atoms with Crippen LogP contribution in [0.1, 0.15) is 25.7 Å². The average molecular weight is 240 g/mol. The van der Waals surface area contributed by atoms with E-state index in [1.807, 2.05) is 0 Å². The first-order valence-corrected chi connectivity index (χ1v) is 5.47. The molecule has 0 atom stereocenters. The summed E-state index contributed by atoms with van der Waals surface area (Å²) in [6.45, 7) is 7.18. The molecular weight excluding hydrogens is 220 g/mol. The summed E-state index contributed by atoms with van der Waals surface area (Å²) in [7, 11) is 2.53. The second-order valence-electron chi connectivity index (χ2n) is 3.72. The van der Waals surface area contributed by atoms with Gasteiger partial charge in [0.25, 0.3) is 0 Å². The lowest BCUT2D eigenvalue weighted by atomic mass is 9.79. The van der Waals surface area contributed by atoms with Crippen LogP contribution < -0.4 is 0 Å². The lowest BCUT2D eigenvalue weighted by molar-refractivity contribution is -0.170. The number of allylic oxidation sites excluding steroid dienone is 2. The minimum Gasteiger partial charge on any atom is -0.468 e. The lowest BCUT2D eigenvalue weighted by Gasteiger charge is -2.27. The molecule has 96 valence electrons. The molecule has 0 rings (SSSR count). The van der Waals surface area contributed by atoms with Crippen LogP contribution in [0.2, 0.25) is 0 Å². The quantitative estimate of drug-likeness (QED) is 0.371. The van der Waals surface area contributed by atoms with Gasteiger partial charge in [0.1, 0.15) is 0 Å². The van der Waals surface area contributed by atoms with Crippen LogP contribution in [0.15, 0.2) is 25.3 Å². The predicted octanol–water partition coefficient (Wildman–Crippen LogP) is 2.25. The Balaban J connectivity index is 5.17. The highest BCUT2D eigenvalue weighted by atomic mass is 16.5. The van der Waals surface area contributed by atoms with Gasteiger partial charge < -0.3 is 9.47 Å². The second-order valence-corrected chi connectivity index (χ2v) is 3.72. The fraction of sp³-hybridized carbons (Fsp3) is 0.538. The Morgan fingerprint density at radius 2 is 1.35 bits per heavy atom. The molecule has 0 aromatic heterocycles. The maximum Gasteiger partial charge on any atom is 0.323 e. The van der Waals surface area contributed by atoms with Crippen LogP contribution in [0.5, 0.6) is 0 Å². The number of carbonyl (C=O) groups excluding carboxylic acids is 2. The minimum absolute atomic E-state index is 0.337. The van der Waals surface area contributed by atoms with Gasteiger partial charge in [-0.1, -0.05) is 12.2 Å². The summed E-state index contributed by atoms with van der Waals surface area (Å²) in [5, 5.41) is 0. The van der Waals surface area contributed by atoms with Crippen molar-refractivity contribution in [3.63, 3.8) is 0 Å². The molecule has 4 nitrogen and oxygen atoms in total. The van der Waals surface area contributed by atoms with Crippen molar-refractivity contribution in [3.05, 3.63) is 25.3 Å². The van der Waals surface area contributed by atoms with Crippen molar-refractivity contribution < 1.29 is 19.1 Å². The van der Waals surface area contributed by atoms with E-state index in [1.54, 1.807) is 12.2 Å². The molecule has 0 saturated heterocycles. The van der Waals surface area contributed by atoms with E-state index in [0.29, 0.717) is 25.7 Å². The van der Waals surface area contributed by atoms with Gasteiger partial charge >= 0.3 is 11.9 Å². The molecular formula is C13H20O4. The van der Waals surface area contributed by atoms with E-state index in [1.165, 1.54) is 14.2 Å². The first-order valence-electron chi connectivity index (χ1n) is 5.47. The smallest absolute Gasteiger partial charge is 0.323 e. The van der Waals surface area contributed by atoms with E-state index >= 15 is 0 Å². The molecule has 0 aromatic carbocycles. The van der Waals surface area contributed by atoms with Crippen LogP contribution in [-0.4, -0.2) is 26.2 Å². The van der Waals surface area contributed by atoms with Gasteiger partial charge in [-0.2, -0.15) is 0 Å². The number of rotatable bonds is 8. The van der Waals surface area contributed by atoms with Crippen molar-refractivity contribution in [1.29, 1.82) is 0 Å². The third kappa shape index (κ3) is 3.73. The standard InChI is InChI=1S/C13H20O4/c1-5-7-9-13(10-8-6-2,11(14)16-3)12(15)17-4/h5-6H,1-2,7-10H2,3-4H3. The molecule has 0 spiro atoms. The zero-order valence-corrected chi connectivity index (χ0v) is 10.5. The van der Waals surface area contributed by atoms with Gasteiger partial charge in [-0.3, -0.25) is 9.59 Å². The number of hydrogen-bond acceptors (Lipinski definition) is 4. The number of hydrogen-bond donors (Lipinski definition) is 0. The van der Waals surface area contributed by atoms with E-state index in [4.69, 9.17) is 9.47 Å². The van der Waals surface area contributed by atoms with Gasteiger partial charge in [0.05, 0.1) is 14.2 Å². The van der Waals surface area contributed by atoms with Crippen molar-refractivity contribution in [2.75, 3.05) is 14.2 Å². The monoisotopic (exact) mass is 240 g/mol. The lowest BCUT2D eigenvalue weighted by Crippen LogP contribution is -2.41. The Bertz CT molecular complexity index is 264. The largest absolute Gasteiger partial charge is 0.468 e. The van der Waals surface area contributed by atoms with Gasteiger partial charge in [-0.05, 0) is 25.7 Å². The Morgan fingerprint density at radius 1 is 1.00 bits per heavy atom. The first kappa shape index (κ1) is 15.4.